The number of carboxylic acid groups (broad SMARTS) is 1. The van der Waals surface area contributed by atoms with Crippen LogP contribution in [0.4, 0.5) is 0 Å². The van der Waals surface area contributed by atoms with Crippen LogP contribution in [0.25, 0.3) is 0 Å². The molecule has 0 aliphatic heterocycles. The number of unbranched alkanes of at least 4 members (excludes halogenated alkanes) is 1. The SMILES string of the molecule is CC/C=C\C/C=C\C/C=C\C/C=C\C/C=C\C/C=C\CCCOC(CC)(C(=O)O)C(C)(C)C. The van der Waals surface area contributed by atoms with Crippen molar-refractivity contribution in [2.75, 3.05) is 6.61 Å². The maximum atomic E-state index is 11.8. The van der Waals surface area contributed by atoms with E-state index < -0.39 is 17.0 Å². The highest BCUT2D eigenvalue weighted by atomic mass is 16.5. The molecule has 0 aliphatic rings. The van der Waals surface area contributed by atoms with E-state index in [2.05, 4.69) is 79.8 Å². The highest BCUT2D eigenvalue weighted by Crippen LogP contribution is 2.37. The minimum atomic E-state index is -1.12. The Hall–Kier alpha value is -2.13. The van der Waals surface area contributed by atoms with Crippen LogP contribution in [-0.2, 0) is 9.53 Å². The Kier molecular flexibility index (Phi) is 18.1. The van der Waals surface area contributed by atoms with Crippen LogP contribution < -0.4 is 0 Å². The summed E-state index contributed by atoms with van der Waals surface area (Å²) in [5, 5.41) is 9.67. The summed E-state index contributed by atoms with van der Waals surface area (Å²) < 4.78 is 5.88. The van der Waals surface area contributed by atoms with E-state index in [1.165, 1.54) is 0 Å². The number of carbonyl (C=O) groups is 1. The normalized spacial score (nSPS) is 15.3. The van der Waals surface area contributed by atoms with Crippen LogP contribution in [0.2, 0.25) is 0 Å². The second-order valence-corrected chi connectivity index (χ2v) is 9.14. The van der Waals surface area contributed by atoms with Gasteiger partial charge in [-0.05, 0) is 57.8 Å². The third-order valence-corrected chi connectivity index (χ3v) is 5.51. The number of aliphatic carboxylic acids is 1. The molecular formula is C30H48O3. The number of carboxylic acids is 1. The van der Waals surface area contributed by atoms with Gasteiger partial charge in [-0.15, -0.1) is 0 Å². The van der Waals surface area contributed by atoms with Gasteiger partial charge in [0.1, 0.15) is 0 Å². The van der Waals surface area contributed by atoms with Gasteiger partial charge < -0.3 is 9.84 Å². The summed E-state index contributed by atoms with van der Waals surface area (Å²) in [6.07, 6.45) is 34.5. The molecule has 186 valence electrons. The Morgan fingerprint density at radius 1 is 0.697 bits per heavy atom. The largest absolute Gasteiger partial charge is 0.479 e. The van der Waals surface area contributed by atoms with Crippen molar-refractivity contribution in [2.45, 2.75) is 98.0 Å². The van der Waals surface area contributed by atoms with E-state index in [9.17, 15) is 9.90 Å². The predicted octanol–water partition coefficient (Wildman–Crippen LogP) is 8.76. The molecule has 0 radical (unpaired) electrons. The van der Waals surface area contributed by atoms with E-state index in [1.807, 2.05) is 27.7 Å². The van der Waals surface area contributed by atoms with Gasteiger partial charge in [0, 0.05) is 12.0 Å². The van der Waals surface area contributed by atoms with Crippen LogP contribution in [0.15, 0.2) is 72.9 Å². The highest BCUT2D eigenvalue weighted by Gasteiger charge is 2.48. The maximum Gasteiger partial charge on any atom is 0.336 e. The van der Waals surface area contributed by atoms with Crippen LogP contribution in [-0.4, -0.2) is 23.3 Å². The molecule has 1 atom stereocenters. The van der Waals surface area contributed by atoms with Gasteiger partial charge in [0.15, 0.2) is 5.60 Å². The smallest absolute Gasteiger partial charge is 0.336 e. The van der Waals surface area contributed by atoms with E-state index >= 15 is 0 Å². The summed E-state index contributed by atoms with van der Waals surface area (Å²) in [6.45, 7) is 10.3. The number of ether oxygens (including phenoxy) is 1. The van der Waals surface area contributed by atoms with Crippen molar-refractivity contribution in [1.29, 1.82) is 0 Å². The van der Waals surface area contributed by atoms with Crippen LogP contribution in [0.1, 0.15) is 92.4 Å². The molecule has 0 saturated carbocycles. The zero-order valence-corrected chi connectivity index (χ0v) is 21.8. The van der Waals surface area contributed by atoms with E-state index in [-0.39, 0.29) is 0 Å². The summed E-state index contributed by atoms with van der Waals surface area (Å²) in [6, 6.07) is 0. The van der Waals surface area contributed by atoms with Crippen molar-refractivity contribution in [3.63, 3.8) is 0 Å². The summed E-state index contributed by atoms with van der Waals surface area (Å²) in [4.78, 5) is 11.8. The molecule has 0 heterocycles. The van der Waals surface area contributed by atoms with E-state index in [4.69, 9.17) is 4.74 Å². The zero-order chi connectivity index (χ0) is 24.8. The summed E-state index contributed by atoms with van der Waals surface area (Å²) in [5.41, 5.74) is -1.56. The van der Waals surface area contributed by atoms with Gasteiger partial charge in [-0.1, -0.05) is 108 Å². The molecule has 0 aromatic rings. The first kappa shape index (κ1) is 30.9. The lowest BCUT2D eigenvalue weighted by atomic mass is 9.74. The molecule has 0 bridgehead atoms. The standard InChI is InChI=1S/C30H48O3/c1-6-8-9-10-11-12-13-14-15-16-17-18-19-20-21-22-23-24-25-26-27-33-30(7-2,28(31)32)29(3,4)5/h8-9,11-12,14-15,17-18,20-21,23-24H,6-7,10,13,16,19,22,25-27H2,1-5H3,(H,31,32)/b9-8-,12-11-,15-14-,18-17-,21-20-,24-23-. The van der Waals surface area contributed by atoms with Crippen molar-refractivity contribution in [3.8, 4) is 0 Å². The van der Waals surface area contributed by atoms with Gasteiger partial charge in [0.05, 0.1) is 0 Å². The minimum absolute atomic E-state index is 0.443. The van der Waals surface area contributed by atoms with Gasteiger partial charge in [0.25, 0.3) is 0 Å². The lowest BCUT2D eigenvalue weighted by molar-refractivity contribution is -0.184. The molecule has 0 rings (SSSR count). The molecule has 0 spiro atoms. The van der Waals surface area contributed by atoms with Crippen LogP contribution in [0, 0.1) is 5.41 Å². The quantitative estimate of drug-likeness (QED) is 0.166. The number of allylic oxidation sites excluding steroid dienone is 12. The molecule has 1 N–H and O–H groups in total. The first-order valence-electron chi connectivity index (χ1n) is 12.6. The molecule has 33 heavy (non-hydrogen) atoms. The fourth-order valence-electron chi connectivity index (χ4n) is 3.47. The molecule has 0 aromatic heterocycles. The minimum Gasteiger partial charge on any atom is -0.479 e. The van der Waals surface area contributed by atoms with Gasteiger partial charge in [-0.2, -0.15) is 0 Å². The second-order valence-electron chi connectivity index (χ2n) is 9.14. The van der Waals surface area contributed by atoms with Gasteiger partial charge in [-0.3, -0.25) is 0 Å². The van der Waals surface area contributed by atoms with Crippen molar-refractivity contribution in [3.05, 3.63) is 72.9 Å². The third kappa shape index (κ3) is 14.6. The molecular weight excluding hydrogens is 408 g/mol. The third-order valence-electron chi connectivity index (χ3n) is 5.51. The molecule has 0 aliphatic carbocycles. The van der Waals surface area contributed by atoms with Gasteiger partial charge in [0.2, 0.25) is 0 Å². The summed E-state index contributed by atoms with van der Waals surface area (Å²) in [7, 11) is 0. The second kappa shape index (κ2) is 19.3. The Morgan fingerprint density at radius 3 is 1.42 bits per heavy atom. The molecule has 1 unspecified atom stereocenters. The Labute approximate surface area is 203 Å². The molecule has 0 fully saturated rings. The van der Waals surface area contributed by atoms with Crippen LogP contribution >= 0.6 is 0 Å². The topological polar surface area (TPSA) is 46.5 Å². The Morgan fingerprint density at radius 2 is 1.09 bits per heavy atom. The van der Waals surface area contributed by atoms with Gasteiger partial charge in [-0.25, -0.2) is 4.79 Å². The average molecular weight is 457 g/mol. The first-order chi connectivity index (χ1) is 15.8. The zero-order valence-electron chi connectivity index (χ0n) is 21.8. The van der Waals surface area contributed by atoms with Gasteiger partial charge >= 0.3 is 5.97 Å². The van der Waals surface area contributed by atoms with Crippen LogP contribution in [0.5, 0.6) is 0 Å². The first-order valence-corrected chi connectivity index (χ1v) is 12.6. The predicted molar refractivity (Wildman–Crippen MR) is 144 cm³/mol. The maximum absolute atomic E-state index is 11.8. The Bertz CT molecular complexity index is 671. The van der Waals surface area contributed by atoms with E-state index in [0.29, 0.717) is 13.0 Å². The van der Waals surface area contributed by atoms with E-state index in [0.717, 1.165) is 51.4 Å². The number of hydrogen-bond donors (Lipinski definition) is 1. The molecule has 3 nitrogen and oxygen atoms in total. The van der Waals surface area contributed by atoms with Crippen molar-refractivity contribution in [1.82, 2.24) is 0 Å². The van der Waals surface area contributed by atoms with Crippen molar-refractivity contribution in [2.24, 2.45) is 5.41 Å². The summed E-state index contributed by atoms with van der Waals surface area (Å²) in [5.74, 6) is -0.869. The lowest BCUT2D eigenvalue weighted by Gasteiger charge is -2.40. The fourth-order valence-corrected chi connectivity index (χ4v) is 3.47. The average Bonchev–Trinajstić information content (AvgIpc) is 2.76. The van der Waals surface area contributed by atoms with Crippen molar-refractivity contribution < 1.29 is 14.6 Å². The van der Waals surface area contributed by atoms with Crippen molar-refractivity contribution >= 4 is 5.97 Å². The monoisotopic (exact) mass is 456 g/mol. The molecule has 0 aromatic carbocycles. The van der Waals surface area contributed by atoms with Crippen LogP contribution in [0.3, 0.4) is 0 Å². The Balaban J connectivity index is 3.88. The lowest BCUT2D eigenvalue weighted by Crippen LogP contribution is -2.52. The fraction of sp³-hybridized carbons (Fsp3) is 0.567. The number of rotatable bonds is 18. The summed E-state index contributed by atoms with van der Waals surface area (Å²) >= 11 is 0. The number of hydrogen-bond acceptors (Lipinski definition) is 2. The molecule has 0 amide bonds. The molecule has 3 heteroatoms. The highest BCUT2D eigenvalue weighted by molar-refractivity contribution is 5.78. The van der Waals surface area contributed by atoms with E-state index in [1.54, 1.807) is 0 Å². The molecule has 0 saturated heterocycles.